The highest BCUT2D eigenvalue weighted by Crippen LogP contribution is 2.40. The van der Waals surface area contributed by atoms with Gasteiger partial charge in [0, 0.05) is 46.5 Å². The molecular weight excluding hydrogens is 438 g/mol. The molecule has 0 unspecified atom stereocenters. The van der Waals surface area contributed by atoms with E-state index in [1.807, 2.05) is 56.5 Å². The number of nitrogens with zero attached hydrogens (tertiary/aromatic N) is 1. The van der Waals surface area contributed by atoms with Crippen LogP contribution in [0.15, 0.2) is 53.4 Å². The third-order valence-electron chi connectivity index (χ3n) is 6.21. The van der Waals surface area contributed by atoms with Crippen LogP contribution in [-0.2, 0) is 20.2 Å². The number of nitrogens with one attached hydrogen (secondary N) is 1. The summed E-state index contributed by atoms with van der Waals surface area (Å²) in [5.74, 6) is -0.0160. The normalized spacial score (nSPS) is 15.1. The van der Waals surface area contributed by atoms with Crippen LogP contribution in [0.25, 0.3) is 16.9 Å². The van der Waals surface area contributed by atoms with Crippen molar-refractivity contribution >= 4 is 27.4 Å². The van der Waals surface area contributed by atoms with Crippen LogP contribution in [-0.4, -0.2) is 24.7 Å². The predicted molar refractivity (Wildman–Crippen MR) is 128 cm³/mol. The van der Waals surface area contributed by atoms with Crippen molar-refractivity contribution in [3.8, 4) is 16.9 Å². The smallest absolute Gasteiger partial charge is 0.238 e. The second-order valence-electron chi connectivity index (χ2n) is 9.05. The van der Waals surface area contributed by atoms with Gasteiger partial charge in [0.05, 0.1) is 10.6 Å². The molecule has 1 aliphatic heterocycles. The Morgan fingerprint density at radius 2 is 1.79 bits per heavy atom. The van der Waals surface area contributed by atoms with E-state index in [0.29, 0.717) is 24.1 Å². The van der Waals surface area contributed by atoms with Gasteiger partial charge in [-0.05, 0) is 48.9 Å². The van der Waals surface area contributed by atoms with Crippen molar-refractivity contribution in [2.24, 2.45) is 5.14 Å². The van der Waals surface area contributed by atoms with Gasteiger partial charge in [-0.25, -0.2) is 13.6 Å². The minimum atomic E-state index is -3.82. The molecule has 2 aromatic carbocycles. The molecule has 0 aliphatic carbocycles. The maximum atomic E-state index is 12.6. The average Bonchev–Trinajstić information content (AvgIpc) is 3.08. The Morgan fingerprint density at radius 3 is 2.39 bits per heavy atom. The van der Waals surface area contributed by atoms with E-state index in [-0.39, 0.29) is 22.0 Å². The molecule has 1 amide bonds. The van der Waals surface area contributed by atoms with Crippen molar-refractivity contribution in [1.29, 1.82) is 0 Å². The van der Waals surface area contributed by atoms with Gasteiger partial charge in [0.15, 0.2) is 5.78 Å². The lowest BCUT2D eigenvalue weighted by Crippen LogP contribution is -2.32. The first kappa shape index (κ1) is 22.9. The monoisotopic (exact) mass is 465 g/mol. The molecule has 1 aliphatic rings. The lowest BCUT2D eigenvalue weighted by molar-refractivity contribution is -0.117. The molecule has 172 valence electrons. The molecule has 4 rings (SSSR count). The zero-order valence-electron chi connectivity index (χ0n) is 19.1. The molecule has 33 heavy (non-hydrogen) atoms. The molecule has 0 spiro atoms. The highest BCUT2D eigenvalue weighted by molar-refractivity contribution is 7.89. The summed E-state index contributed by atoms with van der Waals surface area (Å²) >= 11 is 0. The van der Waals surface area contributed by atoms with Gasteiger partial charge in [0.2, 0.25) is 15.9 Å². The zero-order valence-corrected chi connectivity index (χ0v) is 19.9. The molecular formula is C25H27N3O4S. The summed E-state index contributed by atoms with van der Waals surface area (Å²) in [6, 6.07) is 14.0. The van der Waals surface area contributed by atoms with Crippen LogP contribution in [0.3, 0.4) is 0 Å². The molecule has 0 saturated carbocycles. The molecule has 0 fully saturated rings. The molecule has 3 N–H and O–H groups in total. The molecule has 0 radical (unpaired) electrons. The first-order valence-corrected chi connectivity index (χ1v) is 12.3. The largest absolute Gasteiger partial charge is 0.326 e. The number of primary sulfonamides is 1. The molecule has 1 aromatic heterocycles. The number of rotatable bonds is 5. The highest BCUT2D eigenvalue weighted by atomic mass is 32.2. The fourth-order valence-corrected chi connectivity index (χ4v) is 5.01. The van der Waals surface area contributed by atoms with E-state index in [0.717, 1.165) is 28.2 Å². The number of benzene rings is 2. The number of Topliss-reactive ketones (excluding diaryl/α,β-unsaturated/α-hetero) is 1. The molecule has 3 aromatic rings. The molecule has 0 bridgehead atoms. The number of amides is 1. The van der Waals surface area contributed by atoms with Gasteiger partial charge in [-0.2, -0.15) is 0 Å². The fraction of sp³-hybridized carbons (Fsp3) is 0.280. The summed E-state index contributed by atoms with van der Waals surface area (Å²) in [5.41, 5.74) is 5.20. The lowest BCUT2D eigenvalue weighted by Gasteiger charge is -2.32. The first-order valence-electron chi connectivity index (χ1n) is 10.8. The van der Waals surface area contributed by atoms with E-state index >= 15 is 0 Å². The Bertz CT molecular complexity index is 1380. The number of hydrogen-bond acceptors (Lipinski definition) is 4. The Kier molecular flexibility index (Phi) is 5.54. The second-order valence-corrected chi connectivity index (χ2v) is 10.6. The summed E-state index contributed by atoms with van der Waals surface area (Å²) in [5, 5.41) is 8.21. The zero-order chi connectivity index (χ0) is 24.1. The van der Waals surface area contributed by atoms with Gasteiger partial charge < -0.3 is 9.88 Å². The van der Waals surface area contributed by atoms with Crippen LogP contribution in [0.1, 0.15) is 55.2 Å². The van der Waals surface area contributed by atoms with Crippen molar-refractivity contribution < 1.29 is 18.0 Å². The molecule has 0 atom stereocenters. The summed E-state index contributed by atoms with van der Waals surface area (Å²) in [7, 11) is -3.82. The van der Waals surface area contributed by atoms with Crippen LogP contribution < -0.4 is 10.5 Å². The number of sulfonamides is 1. The number of anilines is 1. The van der Waals surface area contributed by atoms with E-state index in [1.165, 1.54) is 12.1 Å². The van der Waals surface area contributed by atoms with E-state index in [4.69, 9.17) is 5.14 Å². The number of aromatic nitrogens is 1. The maximum absolute atomic E-state index is 12.6. The second kappa shape index (κ2) is 7.97. The van der Waals surface area contributed by atoms with Crippen molar-refractivity contribution in [1.82, 2.24) is 4.57 Å². The number of carbonyl (C=O) groups is 2. The van der Waals surface area contributed by atoms with E-state index in [1.54, 1.807) is 12.1 Å². The quantitative estimate of drug-likeness (QED) is 0.547. The van der Waals surface area contributed by atoms with E-state index < -0.39 is 10.0 Å². The minimum absolute atomic E-state index is 0.0149. The van der Waals surface area contributed by atoms with Gasteiger partial charge in [-0.1, -0.05) is 32.9 Å². The number of fused-ring (bicyclic) bond motifs is 1. The van der Waals surface area contributed by atoms with Crippen LogP contribution >= 0.6 is 0 Å². The summed E-state index contributed by atoms with van der Waals surface area (Å²) in [6.45, 7) is 7.77. The van der Waals surface area contributed by atoms with Gasteiger partial charge >= 0.3 is 0 Å². The summed E-state index contributed by atoms with van der Waals surface area (Å²) in [4.78, 5) is 24.9. The lowest BCUT2D eigenvalue weighted by atomic mass is 9.77. The Morgan fingerprint density at radius 1 is 1.12 bits per heavy atom. The van der Waals surface area contributed by atoms with E-state index in [2.05, 4.69) is 5.32 Å². The van der Waals surface area contributed by atoms with Crippen molar-refractivity contribution in [2.45, 2.75) is 50.8 Å². The average molecular weight is 466 g/mol. The third-order valence-corrected chi connectivity index (χ3v) is 7.14. The van der Waals surface area contributed by atoms with Gasteiger partial charge in [0.1, 0.15) is 0 Å². The minimum Gasteiger partial charge on any atom is -0.326 e. The van der Waals surface area contributed by atoms with Crippen molar-refractivity contribution in [3.63, 3.8) is 0 Å². The number of ketones is 1. The maximum Gasteiger partial charge on any atom is 0.238 e. The summed E-state index contributed by atoms with van der Waals surface area (Å²) < 4.78 is 25.3. The van der Waals surface area contributed by atoms with Crippen molar-refractivity contribution in [2.75, 3.05) is 5.32 Å². The van der Waals surface area contributed by atoms with Crippen LogP contribution in [0.4, 0.5) is 5.69 Å². The number of carbonyl (C=O) groups excluding carboxylic acids is 2. The van der Waals surface area contributed by atoms with Gasteiger partial charge in [-0.15, -0.1) is 0 Å². The molecule has 8 heteroatoms. The number of nitrogens with two attached hydrogens (primary N) is 1. The standard InChI is InChI=1S/C25H27N3O4S/c1-5-23(29)19-13-22(16-6-11-20-21(12-16)27-24(30)14-25(20,3)4)28(15(19)2)17-7-9-18(10-8-17)33(26,31)32/h6-13H,5,14H2,1-4H3,(H,27,30)(H2,26,31,32). The molecule has 2 heterocycles. The fourth-order valence-electron chi connectivity index (χ4n) is 4.50. The Hall–Kier alpha value is -3.23. The summed E-state index contributed by atoms with van der Waals surface area (Å²) in [6.07, 6.45) is 0.781. The van der Waals surface area contributed by atoms with Gasteiger partial charge in [0.25, 0.3) is 0 Å². The molecule has 7 nitrogen and oxygen atoms in total. The Balaban J connectivity index is 1.92. The number of hydrogen-bond donors (Lipinski definition) is 2. The van der Waals surface area contributed by atoms with Crippen LogP contribution in [0.2, 0.25) is 0 Å². The first-order chi connectivity index (χ1) is 15.4. The highest BCUT2D eigenvalue weighted by Gasteiger charge is 2.32. The SMILES string of the molecule is CCC(=O)c1cc(-c2ccc3c(c2)NC(=O)CC3(C)C)n(-c2ccc(S(N)(=O)=O)cc2)c1C. The third kappa shape index (κ3) is 4.12. The predicted octanol–water partition coefficient (Wildman–Crippen LogP) is 4.31. The van der Waals surface area contributed by atoms with Crippen LogP contribution in [0.5, 0.6) is 0 Å². The topological polar surface area (TPSA) is 111 Å². The van der Waals surface area contributed by atoms with Crippen molar-refractivity contribution in [3.05, 3.63) is 65.4 Å². The van der Waals surface area contributed by atoms with E-state index in [9.17, 15) is 18.0 Å². The van der Waals surface area contributed by atoms with Crippen LogP contribution in [0, 0.1) is 6.92 Å². The molecule has 0 saturated heterocycles. The Labute approximate surface area is 193 Å². The van der Waals surface area contributed by atoms with Gasteiger partial charge in [-0.3, -0.25) is 9.59 Å².